The summed E-state index contributed by atoms with van der Waals surface area (Å²) in [4.78, 5) is 14.1. The summed E-state index contributed by atoms with van der Waals surface area (Å²) in [6.07, 6.45) is 0.171. The van der Waals surface area contributed by atoms with Crippen LogP contribution in [-0.2, 0) is 4.74 Å². The summed E-state index contributed by atoms with van der Waals surface area (Å²) in [5.41, 5.74) is 7.80. The van der Waals surface area contributed by atoms with Crippen molar-refractivity contribution in [2.24, 2.45) is 5.73 Å². The van der Waals surface area contributed by atoms with Gasteiger partial charge in [0.05, 0.1) is 19.3 Å². The Morgan fingerprint density at radius 3 is 2.76 bits per heavy atom. The van der Waals surface area contributed by atoms with Crippen LogP contribution in [0, 0.1) is 18.8 Å². The molecule has 0 aliphatic carbocycles. The van der Waals surface area contributed by atoms with Crippen LogP contribution in [0.3, 0.4) is 0 Å². The van der Waals surface area contributed by atoms with Crippen LogP contribution in [0.5, 0.6) is 0 Å². The van der Waals surface area contributed by atoms with Gasteiger partial charge in [0.1, 0.15) is 0 Å². The fourth-order valence-corrected chi connectivity index (χ4v) is 1.88. The molecule has 1 aromatic rings. The van der Waals surface area contributed by atoms with E-state index in [4.69, 9.17) is 10.5 Å². The summed E-state index contributed by atoms with van der Waals surface area (Å²) in [6, 6.07) is 5.57. The van der Waals surface area contributed by atoms with Gasteiger partial charge < -0.3 is 15.4 Å². The van der Waals surface area contributed by atoms with Gasteiger partial charge >= 0.3 is 0 Å². The third-order valence-electron chi connectivity index (χ3n) is 3.11. The molecule has 1 aromatic carbocycles. The van der Waals surface area contributed by atoms with Crippen molar-refractivity contribution >= 4 is 5.91 Å². The van der Waals surface area contributed by atoms with Gasteiger partial charge in [0.15, 0.2) is 0 Å². The van der Waals surface area contributed by atoms with Gasteiger partial charge in [-0.05, 0) is 38.5 Å². The fourth-order valence-electron chi connectivity index (χ4n) is 1.88. The molecule has 0 bridgehead atoms. The summed E-state index contributed by atoms with van der Waals surface area (Å²) in [6.45, 7) is 7.27. The van der Waals surface area contributed by atoms with Crippen LogP contribution in [0.1, 0.15) is 35.3 Å². The predicted octanol–water partition coefficient (Wildman–Crippen LogP) is 1.80. The van der Waals surface area contributed by atoms with Crippen molar-refractivity contribution in [1.82, 2.24) is 4.90 Å². The highest BCUT2D eigenvalue weighted by Gasteiger charge is 2.15. The minimum Gasteiger partial charge on any atom is -0.377 e. The number of carbonyl (C=O) groups is 1. The molecule has 0 radical (unpaired) electrons. The van der Waals surface area contributed by atoms with E-state index in [0.29, 0.717) is 25.3 Å². The lowest BCUT2D eigenvalue weighted by molar-refractivity contribution is 0.0531. The molecule has 0 spiro atoms. The number of nitrogens with two attached hydrogens (primary N) is 1. The van der Waals surface area contributed by atoms with Crippen LogP contribution >= 0.6 is 0 Å². The first-order valence-corrected chi connectivity index (χ1v) is 7.13. The predicted molar refractivity (Wildman–Crippen MR) is 85.2 cm³/mol. The van der Waals surface area contributed by atoms with Crippen molar-refractivity contribution < 1.29 is 9.53 Å². The van der Waals surface area contributed by atoms with E-state index in [2.05, 4.69) is 11.8 Å². The van der Waals surface area contributed by atoms with E-state index >= 15 is 0 Å². The molecule has 0 saturated carbocycles. The lowest BCUT2D eigenvalue weighted by atomic mass is 10.0. The number of rotatable bonds is 5. The highest BCUT2D eigenvalue weighted by atomic mass is 16.5. The quantitative estimate of drug-likeness (QED) is 0.841. The van der Waals surface area contributed by atoms with Gasteiger partial charge in [-0.15, -0.1) is 0 Å². The molecule has 0 unspecified atom stereocenters. The van der Waals surface area contributed by atoms with Crippen molar-refractivity contribution in [2.75, 3.05) is 26.7 Å². The van der Waals surface area contributed by atoms with Crippen molar-refractivity contribution in [3.8, 4) is 11.8 Å². The minimum absolute atomic E-state index is 0.0174. The highest BCUT2D eigenvalue weighted by Crippen LogP contribution is 2.14. The summed E-state index contributed by atoms with van der Waals surface area (Å²) >= 11 is 0. The van der Waals surface area contributed by atoms with Crippen LogP contribution in [-0.4, -0.2) is 43.7 Å². The maximum atomic E-state index is 12.5. The SMILES string of the molecule is Cc1c(C#CCN)cccc1C(=O)N(C)CCOC(C)C. The zero-order valence-electron chi connectivity index (χ0n) is 13.3. The van der Waals surface area contributed by atoms with E-state index in [-0.39, 0.29) is 12.0 Å². The molecule has 114 valence electrons. The number of hydrogen-bond acceptors (Lipinski definition) is 3. The summed E-state index contributed by atoms with van der Waals surface area (Å²) in [7, 11) is 1.78. The molecule has 1 rings (SSSR count). The molecule has 0 aliphatic heterocycles. The molecule has 0 aliphatic rings. The molecule has 2 N–H and O–H groups in total. The van der Waals surface area contributed by atoms with E-state index in [9.17, 15) is 4.79 Å². The van der Waals surface area contributed by atoms with E-state index in [1.54, 1.807) is 11.9 Å². The Morgan fingerprint density at radius 1 is 1.43 bits per heavy atom. The first-order valence-electron chi connectivity index (χ1n) is 7.13. The Morgan fingerprint density at radius 2 is 2.14 bits per heavy atom. The fraction of sp³-hybridized carbons (Fsp3) is 0.471. The van der Waals surface area contributed by atoms with Gasteiger partial charge in [-0.3, -0.25) is 4.79 Å². The molecule has 0 saturated heterocycles. The average Bonchev–Trinajstić information content (AvgIpc) is 2.45. The van der Waals surface area contributed by atoms with Crippen LogP contribution in [0.4, 0.5) is 0 Å². The second-order valence-electron chi connectivity index (χ2n) is 5.13. The molecular formula is C17H24N2O2. The topological polar surface area (TPSA) is 55.6 Å². The van der Waals surface area contributed by atoms with Crippen molar-refractivity contribution in [3.05, 3.63) is 34.9 Å². The molecule has 4 heteroatoms. The van der Waals surface area contributed by atoms with Crippen LogP contribution in [0.2, 0.25) is 0 Å². The summed E-state index contributed by atoms with van der Waals surface area (Å²) in [5.74, 6) is 5.80. The number of nitrogens with zero attached hydrogens (tertiary/aromatic N) is 1. The summed E-state index contributed by atoms with van der Waals surface area (Å²) in [5, 5.41) is 0. The number of benzene rings is 1. The highest BCUT2D eigenvalue weighted by molar-refractivity contribution is 5.96. The van der Waals surface area contributed by atoms with Gasteiger partial charge in [0, 0.05) is 24.7 Å². The molecule has 0 fully saturated rings. The number of hydrogen-bond donors (Lipinski definition) is 1. The Balaban J connectivity index is 2.82. The largest absolute Gasteiger partial charge is 0.377 e. The zero-order chi connectivity index (χ0) is 15.8. The third-order valence-corrected chi connectivity index (χ3v) is 3.11. The molecular weight excluding hydrogens is 264 g/mol. The Hall–Kier alpha value is -1.83. The second-order valence-corrected chi connectivity index (χ2v) is 5.13. The number of ether oxygens (including phenoxy) is 1. The zero-order valence-corrected chi connectivity index (χ0v) is 13.3. The lowest BCUT2D eigenvalue weighted by Crippen LogP contribution is -2.31. The molecule has 0 atom stereocenters. The number of amides is 1. The third kappa shape index (κ3) is 5.22. The first kappa shape index (κ1) is 17.2. The van der Waals surface area contributed by atoms with Gasteiger partial charge in [0.2, 0.25) is 0 Å². The second kappa shape index (κ2) is 8.46. The molecule has 0 aromatic heterocycles. The average molecular weight is 288 g/mol. The van der Waals surface area contributed by atoms with Crippen molar-refractivity contribution in [2.45, 2.75) is 26.9 Å². The van der Waals surface area contributed by atoms with Crippen LogP contribution in [0.15, 0.2) is 18.2 Å². The van der Waals surface area contributed by atoms with Crippen molar-refractivity contribution in [1.29, 1.82) is 0 Å². The van der Waals surface area contributed by atoms with Gasteiger partial charge in [-0.2, -0.15) is 0 Å². The van der Waals surface area contributed by atoms with Gasteiger partial charge in [-0.25, -0.2) is 0 Å². The standard InChI is InChI=1S/C17H24N2O2/c1-13(2)21-12-11-19(4)17(20)16-9-5-7-15(14(16)3)8-6-10-18/h5,7,9,13H,10-12,18H2,1-4H3. The normalized spacial score (nSPS) is 10.2. The Bertz CT molecular complexity index is 541. The molecule has 1 amide bonds. The smallest absolute Gasteiger partial charge is 0.253 e. The van der Waals surface area contributed by atoms with E-state index < -0.39 is 0 Å². The molecule has 4 nitrogen and oxygen atoms in total. The molecule has 21 heavy (non-hydrogen) atoms. The Labute approximate surface area is 127 Å². The van der Waals surface area contributed by atoms with Crippen LogP contribution < -0.4 is 5.73 Å². The van der Waals surface area contributed by atoms with E-state index in [0.717, 1.165) is 11.1 Å². The van der Waals surface area contributed by atoms with Gasteiger partial charge in [-0.1, -0.05) is 17.9 Å². The van der Waals surface area contributed by atoms with Gasteiger partial charge in [0.25, 0.3) is 5.91 Å². The lowest BCUT2D eigenvalue weighted by Gasteiger charge is -2.19. The number of likely N-dealkylation sites (N-methyl/N-ethyl adjacent to an activating group) is 1. The Kier molecular flexibility index (Phi) is 6.93. The minimum atomic E-state index is -0.0174. The maximum Gasteiger partial charge on any atom is 0.253 e. The van der Waals surface area contributed by atoms with E-state index in [1.807, 2.05) is 39.0 Å². The van der Waals surface area contributed by atoms with Crippen molar-refractivity contribution in [3.63, 3.8) is 0 Å². The van der Waals surface area contributed by atoms with E-state index in [1.165, 1.54) is 0 Å². The maximum absolute atomic E-state index is 12.5. The summed E-state index contributed by atoms with van der Waals surface area (Å²) < 4.78 is 5.48. The first-order chi connectivity index (χ1) is 9.97. The monoisotopic (exact) mass is 288 g/mol. The van der Waals surface area contributed by atoms with Crippen LogP contribution in [0.25, 0.3) is 0 Å². The number of carbonyl (C=O) groups excluding carboxylic acids is 1. The molecule has 0 heterocycles.